The van der Waals surface area contributed by atoms with Crippen molar-refractivity contribution in [2.45, 2.75) is 10.8 Å². The molecule has 0 heterocycles. The van der Waals surface area contributed by atoms with E-state index in [0.717, 1.165) is 34.1 Å². The van der Waals surface area contributed by atoms with Crippen molar-refractivity contribution in [1.29, 1.82) is 0 Å². The van der Waals surface area contributed by atoms with Crippen molar-refractivity contribution in [1.82, 2.24) is 0 Å². The average Bonchev–Trinajstić information content (AvgIpc) is 1.51. The van der Waals surface area contributed by atoms with Gasteiger partial charge < -0.3 is 9.80 Å². The molecule has 2 nitrogen and oxygen atoms in total. The van der Waals surface area contributed by atoms with Gasteiger partial charge in [-0.3, -0.25) is 0 Å². The number of benzene rings is 18. The van der Waals surface area contributed by atoms with Crippen molar-refractivity contribution in [3.05, 3.63) is 445 Å². The normalized spacial score (nSPS) is 14.2. The monoisotopic (exact) mass is 1340 g/mol. The van der Waals surface area contributed by atoms with Gasteiger partial charge in [0.15, 0.2) is 0 Å². The molecular formula is C104H66N2. The maximum absolute atomic E-state index is 2.49. The first-order chi connectivity index (χ1) is 52.6. The van der Waals surface area contributed by atoms with Crippen molar-refractivity contribution < 1.29 is 0 Å². The van der Waals surface area contributed by atoms with Crippen LogP contribution in [0.2, 0.25) is 0 Å². The molecule has 0 N–H and O–H groups in total. The lowest BCUT2D eigenvalue weighted by Gasteiger charge is -2.31. The Labute approximate surface area is 617 Å². The molecule has 4 aliphatic carbocycles. The number of rotatable bonds is 10. The Morgan fingerprint density at radius 3 is 1.08 bits per heavy atom. The zero-order valence-corrected chi connectivity index (χ0v) is 58.0. The standard InChI is InChI=1S/C104H66N2/c1-3-22-67(23-4-1)69-52-56-79(57-53-69)106(101-64-75-24-7-8-27-82(75)84-28-9-10-33-89(84)101)81-59-61-99-92(66-81)88-32-14-19-39-96(88)104(99)97-40-20-15-34-90(97)102-83(35-21-41-100(102)104)76-49-48-73-62-72(46-47-74(73)63-76)71-44-42-68(43-45-71)70-50-54-78(55-51-70)105(77-25-5-2-6-26-77)80-58-60-98-91(65-80)87-31-13-18-38-95(87)103(98)93-36-16-11-29-85(93)86-30-12-17-37-94(86)103/h1-66H. The zero-order valence-electron chi connectivity index (χ0n) is 58.0. The first-order valence-corrected chi connectivity index (χ1v) is 36.9. The van der Waals surface area contributed by atoms with Gasteiger partial charge in [0.1, 0.15) is 0 Å². The van der Waals surface area contributed by atoms with Crippen LogP contribution in [0.15, 0.2) is 400 Å². The Kier molecular flexibility index (Phi) is 13.3. The van der Waals surface area contributed by atoms with Gasteiger partial charge in [-0.05, 0) is 239 Å². The molecular weight excluding hydrogens is 1280 g/mol. The second kappa shape index (κ2) is 23.4. The van der Waals surface area contributed by atoms with E-state index in [2.05, 4.69) is 410 Å². The fourth-order valence-corrected chi connectivity index (χ4v) is 19.1. The minimum absolute atomic E-state index is 0.386. The van der Waals surface area contributed by atoms with Crippen LogP contribution < -0.4 is 9.80 Å². The van der Waals surface area contributed by atoms with E-state index in [-0.39, 0.29) is 5.41 Å². The molecule has 1 unspecified atom stereocenters. The first kappa shape index (κ1) is 60.0. The third kappa shape index (κ3) is 8.73. The highest BCUT2D eigenvalue weighted by molar-refractivity contribution is 6.15. The molecule has 2 heteroatoms. The summed E-state index contributed by atoms with van der Waals surface area (Å²) in [6.07, 6.45) is 0. The third-order valence-electron chi connectivity index (χ3n) is 23.7. The Balaban J connectivity index is 0.582. The topological polar surface area (TPSA) is 6.48 Å². The zero-order chi connectivity index (χ0) is 69.6. The SMILES string of the molecule is c1ccc(-c2ccc(N(c3ccc4c(c3)-c3ccccc3C43c4ccccc4-c4c(-c5ccc6cc(-c7ccc(-c8ccc(N(c9ccccc9)c9ccc%10c(c9)-c9ccccc9C%109c%10ccccc%10-c%10ccccc%109)cc8)cc7)ccc6c5)cccc43)c3cc4ccccc4c4ccccc34)cc2)cc1. The lowest BCUT2D eigenvalue weighted by molar-refractivity contribution is 0.794. The van der Waals surface area contributed by atoms with Gasteiger partial charge in [0.05, 0.1) is 16.5 Å². The summed E-state index contributed by atoms with van der Waals surface area (Å²) >= 11 is 0. The Morgan fingerprint density at radius 2 is 0.509 bits per heavy atom. The van der Waals surface area contributed by atoms with E-state index in [0.29, 0.717) is 0 Å². The maximum Gasteiger partial charge on any atom is 0.0725 e. The van der Waals surface area contributed by atoms with Crippen molar-refractivity contribution in [2.75, 3.05) is 9.80 Å². The summed E-state index contributed by atoms with van der Waals surface area (Å²) in [4.78, 5) is 4.89. The Bertz CT molecular complexity index is 6580. The van der Waals surface area contributed by atoms with Crippen molar-refractivity contribution in [2.24, 2.45) is 0 Å². The number of para-hydroxylation sites is 1. The summed E-state index contributed by atoms with van der Waals surface area (Å²) in [6.45, 7) is 0. The predicted molar refractivity (Wildman–Crippen MR) is 443 cm³/mol. The first-order valence-electron chi connectivity index (χ1n) is 36.9. The molecule has 0 saturated carbocycles. The van der Waals surface area contributed by atoms with Crippen LogP contribution in [0.25, 0.3) is 121 Å². The summed E-state index contributed by atoms with van der Waals surface area (Å²) in [5, 5.41) is 7.33. The minimum Gasteiger partial charge on any atom is -0.310 e. The summed E-state index contributed by atoms with van der Waals surface area (Å²) < 4.78 is 0. The van der Waals surface area contributed by atoms with Crippen LogP contribution in [-0.2, 0) is 10.8 Å². The quantitative estimate of drug-likeness (QED) is 0.126. The smallest absolute Gasteiger partial charge is 0.0725 e. The summed E-state index contributed by atoms with van der Waals surface area (Å²) in [5.41, 5.74) is 36.3. The molecule has 106 heavy (non-hydrogen) atoms. The van der Waals surface area contributed by atoms with Crippen molar-refractivity contribution >= 4 is 66.4 Å². The van der Waals surface area contributed by atoms with Gasteiger partial charge in [0.2, 0.25) is 0 Å². The highest BCUT2D eigenvalue weighted by atomic mass is 15.1. The van der Waals surface area contributed by atoms with Gasteiger partial charge in [0.25, 0.3) is 0 Å². The van der Waals surface area contributed by atoms with Crippen LogP contribution >= 0.6 is 0 Å². The van der Waals surface area contributed by atoms with E-state index in [1.54, 1.807) is 0 Å². The number of hydrogen-bond donors (Lipinski definition) is 0. The second-order valence-corrected chi connectivity index (χ2v) is 28.9. The summed E-state index contributed by atoms with van der Waals surface area (Å²) in [7, 11) is 0. The minimum atomic E-state index is -0.543. The number of nitrogens with zero attached hydrogens (tertiary/aromatic N) is 2. The van der Waals surface area contributed by atoms with E-state index in [1.807, 2.05) is 0 Å². The number of hydrogen-bond acceptors (Lipinski definition) is 2. The van der Waals surface area contributed by atoms with Crippen molar-refractivity contribution in [3.63, 3.8) is 0 Å². The number of fused-ring (bicyclic) bond motifs is 24. The van der Waals surface area contributed by atoms with Gasteiger partial charge in [-0.2, -0.15) is 0 Å². The molecule has 0 fully saturated rings. The lowest BCUT2D eigenvalue weighted by atomic mass is 9.70. The van der Waals surface area contributed by atoms with Gasteiger partial charge in [-0.1, -0.05) is 322 Å². The third-order valence-corrected chi connectivity index (χ3v) is 23.7. The van der Waals surface area contributed by atoms with E-state index < -0.39 is 5.41 Å². The van der Waals surface area contributed by atoms with Gasteiger partial charge in [-0.15, -0.1) is 0 Å². The molecule has 2 spiro atoms. The highest BCUT2D eigenvalue weighted by Gasteiger charge is 2.54. The van der Waals surface area contributed by atoms with E-state index in [1.165, 1.54) is 166 Å². The molecule has 0 radical (unpaired) electrons. The van der Waals surface area contributed by atoms with E-state index in [9.17, 15) is 0 Å². The fraction of sp³-hybridized carbons (Fsp3) is 0.0192. The van der Waals surface area contributed by atoms with Gasteiger partial charge in [0, 0.05) is 33.8 Å². The lowest BCUT2D eigenvalue weighted by Crippen LogP contribution is -2.25. The molecule has 22 rings (SSSR count). The summed E-state index contributed by atoms with van der Waals surface area (Å²) in [5.74, 6) is 0. The summed E-state index contributed by atoms with van der Waals surface area (Å²) in [6, 6.07) is 150. The Hall–Kier alpha value is -13.7. The molecule has 18 aromatic carbocycles. The molecule has 0 aliphatic heterocycles. The van der Waals surface area contributed by atoms with Crippen molar-refractivity contribution in [3.8, 4) is 89.0 Å². The molecule has 0 bridgehead atoms. The Morgan fingerprint density at radius 1 is 0.160 bits per heavy atom. The second-order valence-electron chi connectivity index (χ2n) is 28.9. The maximum atomic E-state index is 2.49. The molecule has 492 valence electrons. The predicted octanol–water partition coefficient (Wildman–Crippen LogP) is 27.4. The molecule has 4 aliphatic rings. The molecule has 0 saturated heterocycles. The number of anilines is 6. The van der Waals surface area contributed by atoms with Crippen LogP contribution in [0.1, 0.15) is 44.5 Å². The van der Waals surface area contributed by atoms with Crippen LogP contribution in [0.4, 0.5) is 34.1 Å². The average molecular weight is 1340 g/mol. The van der Waals surface area contributed by atoms with Gasteiger partial charge >= 0.3 is 0 Å². The molecule has 18 aromatic rings. The van der Waals surface area contributed by atoms with Crippen LogP contribution in [0.5, 0.6) is 0 Å². The van der Waals surface area contributed by atoms with Crippen LogP contribution in [0, 0.1) is 0 Å². The van der Waals surface area contributed by atoms with Crippen LogP contribution in [-0.4, -0.2) is 0 Å². The highest BCUT2D eigenvalue weighted by Crippen LogP contribution is 2.66. The van der Waals surface area contributed by atoms with E-state index in [4.69, 9.17) is 0 Å². The fourth-order valence-electron chi connectivity index (χ4n) is 19.1. The van der Waals surface area contributed by atoms with Gasteiger partial charge in [-0.25, -0.2) is 0 Å². The largest absolute Gasteiger partial charge is 0.310 e. The van der Waals surface area contributed by atoms with Crippen LogP contribution in [0.3, 0.4) is 0 Å². The van der Waals surface area contributed by atoms with E-state index >= 15 is 0 Å². The molecule has 1 atom stereocenters. The molecule has 0 amide bonds. The molecule has 0 aromatic heterocycles.